The molecule has 0 heterocycles. The second kappa shape index (κ2) is 3.80. The van der Waals surface area contributed by atoms with Gasteiger partial charge in [0.2, 0.25) is 0 Å². The van der Waals surface area contributed by atoms with E-state index in [-0.39, 0.29) is 0 Å². The highest BCUT2D eigenvalue weighted by Gasteiger charge is 2.56. The smallest absolute Gasteiger partial charge is 0.285 e. The predicted molar refractivity (Wildman–Crippen MR) is 33.5 cm³/mol. The summed E-state index contributed by atoms with van der Waals surface area (Å²) in [5.74, 6) is -4.50. The number of sulfonamides is 2. The van der Waals surface area contributed by atoms with Gasteiger partial charge in [0.05, 0.1) is 0 Å². The van der Waals surface area contributed by atoms with Crippen LogP contribution in [-0.2, 0) is 20.0 Å². The van der Waals surface area contributed by atoms with Gasteiger partial charge in [-0.25, -0.2) is 8.42 Å². The normalized spacial score (nSPS) is 14.9. The fourth-order valence-electron chi connectivity index (χ4n) is 0.293. The molecule has 1 N–H and O–H groups in total. The minimum Gasteiger partial charge on any atom is -0.285 e. The van der Waals surface area contributed by atoms with Crippen molar-refractivity contribution in [3.63, 3.8) is 0 Å². The van der Waals surface area contributed by atoms with Gasteiger partial charge >= 0.3 is 31.3 Å². The van der Waals surface area contributed by atoms with Crippen LogP contribution in [-0.4, -0.2) is 37.2 Å². The zero-order valence-corrected chi connectivity index (χ0v) is 7.94. The summed E-state index contributed by atoms with van der Waals surface area (Å²) in [4.78, 5) is 0. The fourth-order valence-corrected chi connectivity index (χ4v) is 2.15. The summed E-state index contributed by atoms with van der Waals surface area (Å²) in [6.45, 7) is 0. The quantitative estimate of drug-likeness (QED) is 0.583. The number of hydrogen-bond acceptors (Lipinski definition) is 5. The Bertz CT molecular complexity index is 421. The lowest BCUT2D eigenvalue weighted by atomic mass is 11.6. The number of nitrogens with zero attached hydrogens (tertiary/aromatic N) is 1. The Morgan fingerprint density at radius 2 is 1.40 bits per heavy atom. The lowest BCUT2D eigenvalue weighted by molar-refractivity contribution is -0.0586. The van der Waals surface area contributed by atoms with Gasteiger partial charge in [-0.15, -0.1) is 0 Å². The van der Waals surface area contributed by atoms with E-state index in [2.05, 4.69) is 0 Å². The Balaban J connectivity index is 5.51. The maximum absolute atomic E-state index is 11.6. The van der Waals surface area contributed by atoms with Crippen LogP contribution >= 0.6 is 0 Å². The zero-order valence-electron chi connectivity index (χ0n) is 6.31. The van der Waals surface area contributed by atoms with E-state index in [4.69, 9.17) is 5.21 Å². The number of halogens is 5. The van der Waals surface area contributed by atoms with Crippen LogP contribution in [0.4, 0.5) is 22.0 Å². The van der Waals surface area contributed by atoms with E-state index in [0.717, 1.165) is 0 Å². The van der Waals surface area contributed by atoms with Gasteiger partial charge in [0.1, 0.15) is 0 Å². The summed E-state index contributed by atoms with van der Waals surface area (Å²) >= 11 is 0. The van der Waals surface area contributed by atoms with Crippen LogP contribution in [0.2, 0.25) is 0 Å². The first kappa shape index (κ1) is 14.5. The molecule has 0 fully saturated rings. The molecule has 6 nitrogen and oxygen atoms in total. The minimum absolute atomic E-state index is 2.40. The molecular weight excluding hydrogens is 277 g/mol. The van der Waals surface area contributed by atoms with Crippen molar-refractivity contribution in [3.05, 3.63) is 0 Å². The number of rotatable bonds is 3. The van der Waals surface area contributed by atoms with Crippen LogP contribution in [0.3, 0.4) is 0 Å². The third-order valence-electron chi connectivity index (χ3n) is 0.941. The molecule has 0 atom stereocenters. The monoisotopic (exact) mass is 279 g/mol. The average Bonchev–Trinajstić information content (AvgIpc) is 2.00. The third-order valence-corrected chi connectivity index (χ3v) is 4.04. The van der Waals surface area contributed by atoms with Crippen LogP contribution < -0.4 is 0 Å². The van der Waals surface area contributed by atoms with Crippen molar-refractivity contribution in [2.24, 2.45) is 0 Å². The van der Waals surface area contributed by atoms with Crippen molar-refractivity contribution in [1.29, 1.82) is 0 Å². The zero-order chi connectivity index (χ0) is 12.7. The van der Waals surface area contributed by atoms with E-state index >= 15 is 0 Å². The maximum atomic E-state index is 11.6. The number of alkyl halides is 5. The highest BCUT2D eigenvalue weighted by atomic mass is 32.3. The van der Waals surface area contributed by atoms with Crippen LogP contribution in [0.15, 0.2) is 0 Å². The molecule has 0 spiro atoms. The molecule has 92 valence electrons. The van der Waals surface area contributed by atoms with Gasteiger partial charge in [-0.05, 0) is 0 Å². The lowest BCUT2D eigenvalue weighted by Gasteiger charge is -2.15. The Morgan fingerprint density at radius 3 is 1.60 bits per heavy atom. The van der Waals surface area contributed by atoms with Gasteiger partial charge in [0, 0.05) is 3.87 Å². The summed E-state index contributed by atoms with van der Waals surface area (Å²) in [7, 11) is -13.0. The largest absolute Gasteiger partial charge is 0.514 e. The van der Waals surface area contributed by atoms with Gasteiger partial charge in [-0.3, -0.25) is 5.21 Å². The second-order valence-corrected chi connectivity index (χ2v) is 5.66. The standard InChI is InChI=1S/C2H2F5NO5S2/c3-1(4)14(10,11)8(9)15(12,13)2(5,6)7/h1,9H. The molecule has 15 heavy (non-hydrogen) atoms. The molecule has 0 rings (SSSR count). The summed E-state index contributed by atoms with van der Waals surface area (Å²) in [5, 5.41) is 8.07. The molecule has 0 unspecified atom stereocenters. The Morgan fingerprint density at radius 1 is 1.07 bits per heavy atom. The topological polar surface area (TPSA) is 91.8 Å². The lowest BCUT2D eigenvalue weighted by Crippen LogP contribution is -2.44. The van der Waals surface area contributed by atoms with Gasteiger partial charge < -0.3 is 0 Å². The van der Waals surface area contributed by atoms with Crippen LogP contribution in [0.1, 0.15) is 0 Å². The Hall–Kier alpha value is -0.530. The molecule has 0 amide bonds. The first-order valence-corrected chi connectivity index (χ1v) is 5.62. The SMILES string of the molecule is O=S(=O)(C(F)F)N(O)S(=O)(=O)C(F)(F)F. The van der Waals surface area contributed by atoms with Crippen LogP contribution in [0.5, 0.6) is 0 Å². The molecule has 0 radical (unpaired) electrons. The molecule has 0 aromatic carbocycles. The van der Waals surface area contributed by atoms with Crippen molar-refractivity contribution < 1.29 is 44.0 Å². The highest BCUT2D eigenvalue weighted by molar-refractivity contribution is 8.04. The molecule has 0 aliphatic carbocycles. The predicted octanol–water partition coefficient (Wildman–Crippen LogP) is 0.0796. The molecule has 0 aliphatic heterocycles. The van der Waals surface area contributed by atoms with Gasteiger partial charge in [0.15, 0.2) is 0 Å². The highest BCUT2D eigenvalue weighted by Crippen LogP contribution is 2.28. The Kier molecular flexibility index (Phi) is 3.67. The number of hydrogen-bond donors (Lipinski definition) is 1. The van der Waals surface area contributed by atoms with Crippen molar-refractivity contribution in [2.75, 3.05) is 0 Å². The van der Waals surface area contributed by atoms with E-state index in [0.29, 0.717) is 0 Å². The summed E-state index contributed by atoms with van der Waals surface area (Å²) in [6.07, 6.45) is 0. The van der Waals surface area contributed by atoms with E-state index in [9.17, 15) is 38.8 Å². The molecule has 0 saturated carbocycles. The molecule has 0 aliphatic rings. The third kappa shape index (κ3) is 2.53. The Labute approximate surface area is 80.0 Å². The fraction of sp³-hybridized carbons (Fsp3) is 1.00. The molecule has 0 aromatic heterocycles. The van der Waals surface area contributed by atoms with E-state index in [1.165, 1.54) is 0 Å². The summed E-state index contributed by atoms with van der Waals surface area (Å²) < 4.78 is 96.1. The molecule has 0 bridgehead atoms. The first-order chi connectivity index (χ1) is 6.35. The minimum atomic E-state index is -6.76. The second-order valence-electron chi connectivity index (χ2n) is 1.93. The van der Waals surface area contributed by atoms with Gasteiger partial charge in [-0.1, -0.05) is 0 Å². The van der Waals surface area contributed by atoms with Gasteiger partial charge in [-0.2, -0.15) is 30.4 Å². The van der Waals surface area contributed by atoms with Crippen molar-refractivity contribution in [1.82, 2.24) is 3.87 Å². The molecule has 13 heteroatoms. The molecular formula is C2H2F5NO5S2. The van der Waals surface area contributed by atoms with E-state index in [1.807, 2.05) is 0 Å². The average molecular weight is 279 g/mol. The molecule has 0 aromatic rings. The van der Waals surface area contributed by atoms with Crippen molar-refractivity contribution in [3.8, 4) is 0 Å². The van der Waals surface area contributed by atoms with Crippen molar-refractivity contribution >= 4 is 20.0 Å². The summed E-state index contributed by atoms with van der Waals surface area (Å²) in [6, 6.07) is 0. The maximum Gasteiger partial charge on any atom is 0.514 e. The first-order valence-electron chi connectivity index (χ1n) is 2.68. The van der Waals surface area contributed by atoms with Gasteiger partial charge in [0.25, 0.3) is 0 Å². The van der Waals surface area contributed by atoms with E-state index < -0.39 is 35.2 Å². The molecule has 0 saturated heterocycles. The van der Waals surface area contributed by atoms with E-state index in [1.54, 1.807) is 0 Å². The van der Waals surface area contributed by atoms with Crippen LogP contribution in [0, 0.1) is 0 Å². The van der Waals surface area contributed by atoms with Crippen molar-refractivity contribution in [2.45, 2.75) is 11.3 Å². The summed E-state index contributed by atoms with van der Waals surface area (Å²) in [5.41, 5.74) is -6.20. The van der Waals surface area contributed by atoms with Crippen LogP contribution in [0.25, 0.3) is 0 Å².